The van der Waals surface area contributed by atoms with Crippen LogP contribution in [0.3, 0.4) is 0 Å². The molecule has 0 spiro atoms. The van der Waals surface area contributed by atoms with Crippen LogP contribution in [0.25, 0.3) is 16.9 Å². The molecule has 6 nitrogen and oxygen atoms in total. The summed E-state index contributed by atoms with van der Waals surface area (Å²) in [6, 6.07) is 2.97. The van der Waals surface area contributed by atoms with Crippen molar-refractivity contribution in [2.45, 2.75) is 26.1 Å². The lowest BCUT2D eigenvalue weighted by Gasteiger charge is -2.13. The van der Waals surface area contributed by atoms with E-state index < -0.39 is 12.1 Å². The molecular formula is C16H17FN4O2. The van der Waals surface area contributed by atoms with Crippen LogP contribution in [0, 0.1) is 5.82 Å². The minimum absolute atomic E-state index is 0.202. The summed E-state index contributed by atoms with van der Waals surface area (Å²) >= 11 is 0. The van der Waals surface area contributed by atoms with Crippen molar-refractivity contribution in [3.63, 3.8) is 0 Å². The molecule has 3 aromatic heterocycles. The van der Waals surface area contributed by atoms with Gasteiger partial charge in [0.25, 0.3) is 0 Å². The molecule has 120 valence electrons. The van der Waals surface area contributed by atoms with E-state index in [1.54, 1.807) is 16.8 Å². The van der Waals surface area contributed by atoms with Crippen LogP contribution in [-0.4, -0.2) is 31.8 Å². The smallest absolute Gasteiger partial charge is 0.198 e. The number of hydrogen-bond acceptors (Lipinski definition) is 5. The molecule has 23 heavy (non-hydrogen) atoms. The first-order valence-electron chi connectivity index (χ1n) is 7.21. The Labute approximate surface area is 132 Å². The van der Waals surface area contributed by atoms with E-state index in [-0.39, 0.29) is 5.92 Å². The number of methoxy groups -OCH3 is 1. The topological polar surface area (TPSA) is 72.5 Å². The highest BCUT2D eigenvalue weighted by atomic mass is 19.1. The van der Waals surface area contributed by atoms with Crippen LogP contribution in [0.4, 0.5) is 4.39 Å². The molecule has 0 fully saturated rings. The number of nitrogens with zero attached hydrogens (tertiary/aromatic N) is 4. The minimum atomic E-state index is -1.17. The monoisotopic (exact) mass is 316 g/mol. The summed E-state index contributed by atoms with van der Waals surface area (Å²) < 4.78 is 20.0. The van der Waals surface area contributed by atoms with Gasteiger partial charge in [0.2, 0.25) is 0 Å². The predicted octanol–water partition coefficient (Wildman–Crippen LogP) is 2.69. The zero-order chi connectivity index (χ0) is 16.6. The number of rotatable bonds is 4. The maximum absolute atomic E-state index is 13.5. The normalized spacial score (nSPS) is 13.0. The quantitative estimate of drug-likeness (QED) is 0.749. The van der Waals surface area contributed by atoms with E-state index in [9.17, 15) is 9.50 Å². The van der Waals surface area contributed by atoms with Gasteiger partial charge in [-0.3, -0.25) is 4.98 Å². The highest BCUT2D eigenvalue weighted by Crippen LogP contribution is 2.27. The van der Waals surface area contributed by atoms with Crippen LogP contribution >= 0.6 is 0 Å². The third-order valence-corrected chi connectivity index (χ3v) is 3.63. The second kappa shape index (κ2) is 6.02. The zero-order valence-corrected chi connectivity index (χ0v) is 13.1. The van der Waals surface area contributed by atoms with Gasteiger partial charge in [0.05, 0.1) is 18.1 Å². The van der Waals surface area contributed by atoms with Crippen LogP contribution in [-0.2, 0) is 4.74 Å². The Kier molecular flexibility index (Phi) is 4.06. The molecule has 3 aromatic rings. The molecule has 0 aromatic carbocycles. The van der Waals surface area contributed by atoms with E-state index in [2.05, 4.69) is 15.1 Å². The number of fused-ring (bicyclic) bond motifs is 1. The second-order valence-electron chi connectivity index (χ2n) is 5.54. The number of pyridine rings is 1. The average molecular weight is 316 g/mol. The molecule has 0 saturated heterocycles. The van der Waals surface area contributed by atoms with Crippen LogP contribution in [0.1, 0.15) is 37.3 Å². The van der Waals surface area contributed by atoms with Crippen molar-refractivity contribution in [2.24, 2.45) is 0 Å². The Hall–Kier alpha value is -2.38. The fourth-order valence-electron chi connectivity index (χ4n) is 2.41. The summed E-state index contributed by atoms with van der Waals surface area (Å²) in [5.41, 5.74) is 2.98. The first-order chi connectivity index (χ1) is 11.0. The van der Waals surface area contributed by atoms with Gasteiger partial charge in [-0.1, -0.05) is 13.8 Å². The Morgan fingerprint density at radius 1 is 1.22 bits per heavy atom. The van der Waals surface area contributed by atoms with Crippen molar-refractivity contribution in [3.8, 4) is 11.3 Å². The molecule has 1 atom stereocenters. The van der Waals surface area contributed by atoms with Crippen molar-refractivity contribution in [1.82, 2.24) is 19.6 Å². The lowest BCUT2D eigenvalue weighted by atomic mass is 10.1. The molecule has 0 aliphatic rings. The molecule has 3 rings (SSSR count). The average Bonchev–Trinajstić information content (AvgIpc) is 2.97. The van der Waals surface area contributed by atoms with Crippen LogP contribution in [0.2, 0.25) is 0 Å². The summed E-state index contributed by atoms with van der Waals surface area (Å²) in [5.74, 6) is -0.246. The molecule has 1 unspecified atom stereocenters. The number of aromatic nitrogens is 4. The van der Waals surface area contributed by atoms with Gasteiger partial charge >= 0.3 is 0 Å². The van der Waals surface area contributed by atoms with Gasteiger partial charge in [-0.25, -0.2) is 13.9 Å². The number of ether oxygens (including phenoxy) is 1. The SMILES string of the molecule is COC(O)c1cc(-c2cncc(F)c2)nc2c(C(C)C)cnn12. The standard InChI is InChI=1S/C16H17FN4O2/c1-9(2)12-8-19-21-14(16(22)23-3)5-13(20-15(12)21)10-4-11(17)7-18-6-10/h4-9,16,22H,1-3H3. The van der Waals surface area contributed by atoms with Gasteiger partial charge in [-0.15, -0.1) is 0 Å². The summed E-state index contributed by atoms with van der Waals surface area (Å²) in [5, 5.41) is 14.4. The molecule has 0 saturated carbocycles. The lowest BCUT2D eigenvalue weighted by molar-refractivity contribution is -0.0811. The first-order valence-corrected chi connectivity index (χ1v) is 7.21. The number of aliphatic hydroxyl groups is 1. The van der Waals surface area contributed by atoms with Gasteiger partial charge < -0.3 is 9.84 Å². The van der Waals surface area contributed by atoms with Crippen LogP contribution in [0.5, 0.6) is 0 Å². The minimum Gasteiger partial charge on any atom is -0.363 e. The van der Waals surface area contributed by atoms with E-state index in [0.29, 0.717) is 22.6 Å². The van der Waals surface area contributed by atoms with Gasteiger partial charge in [-0.2, -0.15) is 5.10 Å². The molecule has 1 N–H and O–H groups in total. The predicted molar refractivity (Wildman–Crippen MR) is 82.2 cm³/mol. The molecule has 3 heterocycles. The Bertz CT molecular complexity index is 847. The number of halogens is 1. The number of aliphatic hydroxyl groups excluding tert-OH is 1. The Balaban J connectivity index is 2.28. The molecule has 0 amide bonds. The van der Waals surface area contributed by atoms with Crippen molar-refractivity contribution < 1.29 is 14.2 Å². The second-order valence-corrected chi connectivity index (χ2v) is 5.54. The van der Waals surface area contributed by atoms with E-state index in [1.165, 1.54) is 19.4 Å². The Morgan fingerprint density at radius 3 is 2.65 bits per heavy atom. The molecule has 0 aliphatic carbocycles. The third-order valence-electron chi connectivity index (χ3n) is 3.63. The van der Waals surface area contributed by atoms with E-state index in [1.807, 2.05) is 13.8 Å². The van der Waals surface area contributed by atoms with Crippen LogP contribution in [0.15, 0.2) is 30.7 Å². The summed E-state index contributed by atoms with van der Waals surface area (Å²) in [4.78, 5) is 8.42. The molecule has 0 radical (unpaired) electrons. The van der Waals surface area contributed by atoms with Gasteiger partial charge in [0.15, 0.2) is 11.9 Å². The van der Waals surface area contributed by atoms with Crippen molar-refractivity contribution in [1.29, 1.82) is 0 Å². The molecule has 0 bridgehead atoms. The zero-order valence-electron chi connectivity index (χ0n) is 13.1. The van der Waals surface area contributed by atoms with Gasteiger partial charge in [0, 0.05) is 24.4 Å². The van der Waals surface area contributed by atoms with Crippen LogP contribution < -0.4 is 0 Å². The first kappa shape index (κ1) is 15.5. The van der Waals surface area contributed by atoms with Crippen molar-refractivity contribution >= 4 is 5.65 Å². The lowest BCUT2D eigenvalue weighted by Crippen LogP contribution is -2.09. The summed E-state index contributed by atoms with van der Waals surface area (Å²) in [6.07, 6.45) is 3.20. The van der Waals surface area contributed by atoms with Crippen molar-refractivity contribution in [3.05, 3.63) is 47.8 Å². The maximum Gasteiger partial charge on any atom is 0.198 e. The van der Waals surface area contributed by atoms with Crippen molar-refractivity contribution in [2.75, 3.05) is 7.11 Å². The molecule has 0 aliphatic heterocycles. The third kappa shape index (κ3) is 2.80. The maximum atomic E-state index is 13.5. The largest absolute Gasteiger partial charge is 0.363 e. The highest BCUT2D eigenvalue weighted by molar-refractivity contribution is 5.63. The molecular weight excluding hydrogens is 299 g/mol. The van der Waals surface area contributed by atoms with E-state index in [0.717, 1.165) is 11.8 Å². The number of hydrogen-bond donors (Lipinski definition) is 1. The van der Waals surface area contributed by atoms with E-state index >= 15 is 0 Å². The molecule has 7 heteroatoms. The summed E-state index contributed by atoms with van der Waals surface area (Å²) in [6.45, 7) is 4.06. The fourth-order valence-corrected chi connectivity index (χ4v) is 2.41. The summed E-state index contributed by atoms with van der Waals surface area (Å²) in [7, 11) is 1.40. The highest BCUT2D eigenvalue weighted by Gasteiger charge is 2.19. The van der Waals surface area contributed by atoms with E-state index in [4.69, 9.17) is 4.74 Å². The van der Waals surface area contributed by atoms with Gasteiger partial charge in [0.1, 0.15) is 11.5 Å². The fraction of sp³-hybridized carbons (Fsp3) is 0.312. The van der Waals surface area contributed by atoms with Gasteiger partial charge in [-0.05, 0) is 18.1 Å². The Morgan fingerprint density at radius 2 is 2.00 bits per heavy atom.